The molecule has 0 heterocycles. The minimum atomic E-state index is -1.14. The molecule has 5 heteroatoms. The first-order valence-electron chi connectivity index (χ1n) is 2.72. The van der Waals surface area contributed by atoms with Crippen LogP contribution in [0.3, 0.4) is 0 Å². The Morgan fingerprint density at radius 1 is 1.55 bits per heavy atom. The van der Waals surface area contributed by atoms with Gasteiger partial charge >= 0.3 is 11.9 Å². The molecule has 0 saturated carbocycles. The highest BCUT2D eigenvalue weighted by Gasteiger charge is 2.12. The van der Waals surface area contributed by atoms with E-state index in [-0.39, 0.29) is 5.57 Å². The van der Waals surface area contributed by atoms with Crippen LogP contribution in [0.4, 0.5) is 0 Å². The number of hydrogen-bond donors (Lipinski definition) is 1. The molecule has 0 aliphatic rings. The van der Waals surface area contributed by atoms with E-state index in [4.69, 9.17) is 5.11 Å². The lowest BCUT2D eigenvalue weighted by Crippen LogP contribution is -2.09. The highest BCUT2D eigenvalue weighted by atomic mass is 17.2. The molecule has 0 bridgehead atoms. The van der Waals surface area contributed by atoms with E-state index in [1.54, 1.807) is 0 Å². The van der Waals surface area contributed by atoms with Crippen molar-refractivity contribution >= 4 is 11.9 Å². The summed E-state index contributed by atoms with van der Waals surface area (Å²) in [4.78, 5) is 28.6. The van der Waals surface area contributed by atoms with E-state index in [0.29, 0.717) is 0 Å². The highest BCUT2D eigenvalue weighted by Crippen LogP contribution is 2.00. The second kappa shape index (κ2) is 4.45. The minimum absolute atomic E-state index is 0.153. The molecule has 0 unspecified atom stereocenters. The minimum Gasteiger partial charge on any atom is -0.481 e. The maximum Gasteiger partial charge on any atom is 0.369 e. The van der Waals surface area contributed by atoms with Crippen LogP contribution in [0.2, 0.25) is 0 Å². The summed E-state index contributed by atoms with van der Waals surface area (Å²) in [5, 5.41) is 8.19. The predicted molar refractivity (Wildman–Crippen MR) is 34.5 cm³/mol. The zero-order valence-corrected chi connectivity index (χ0v) is 5.99. The van der Waals surface area contributed by atoms with Gasteiger partial charge < -0.3 is 5.11 Å². The van der Waals surface area contributed by atoms with Crippen LogP contribution < -0.4 is 0 Å². The van der Waals surface area contributed by atoms with Crippen molar-refractivity contribution in [3.8, 4) is 0 Å². The summed E-state index contributed by atoms with van der Waals surface area (Å²) in [6, 6.07) is 0. The van der Waals surface area contributed by atoms with Crippen LogP contribution in [0.15, 0.2) is 12.2 Å². The molecule has 0 saturated heterocycles. The van der Waals surface area contributed by atoms with Crippen molar-refractivity contribution in [1.82, 2.24) is 0 Å². The van der Waals surface area contributed by atoms with E-state index in [9.17, 15) is 9.59 Å². The van der Waals surface area contributed by atoms with Gasteiger partial charge in [-0.2, -0.15) is 4.89 Å². The van der Waals surface area contributed by atoms with E-state index in [1.807, 2.05) is 0 Å². The third-order valence-electron chi connectivity index (χ3n) is 0.812. The maximum atomic E-state index is 10.6. The molecule has 11 heavy (non-hydrogen) atoms. The lowest BCUT2D eigenvalue weighted by Gasteiger charge is -1.98. The summed E-state index contributed by atoms with van der Waals surface area (Å²) in [6.07, 6.45) is -0.442. The largest absolute Gasteiger partial charge is 0.481 e. The first kappa shape index (κ1) is 9.64. The molecule has 0 rings (SSSR count). The number of carboxylic acid groups (broad SMARTS) is 1. The van der Waals surface area contributed by atoms with Crippen LogP contribution >= 0.6 is 0 Å². The Labute approximate surface area is 63.1 Å². The summed E-state index contributed by atoms with van der Waals surface area (Å²) in [6.45, 7) is 3.18. The molecule has 0 aromatic rings. The van der Waals surface area contributed by atoms with Gasteiger partial charge in [0.2, 0.25) is 0 Å². The van der Waals surface area contributed by atoms with Gasteiger partial charge in [-0.1, -0.05) is 6.58 Å². The Morgan fingerprint density at radius 2 is 2.09 bits per heavy atom. The van der Waals surface area contributed by atoms with Crippen LogP contribution in [0.5, 0.6) is 0 Å². The van der Waals surface area contributed by atoms with Gasteiger partial charge in [0.1, 0.15) is 0 Å². The van der Waals surface area contributed by atoms with Crippen LogP contribution in [0.1, 0.15) is 6.42 Å². The van der Waals surface area contributed by atoms with E-state index in [2.05, 4.69) is 16.4 Å². The molecule has 0 aliphatic carbocycles. The van der Waals surface area contributed by atoms with Crippen molar-refractivity contribution in [2.24, 2.45) is 0 Å². The number of aliphatic carboxylic acids is 1. The van der Waals surface area contributed by atoms with Gasteiger partial charge in [-0.25, -0.2) is 4.79 Å². The second-order valence-electron chi connectivity index (χ2n) is 1.71. The Hall–Kier alpha value is -1.36. The Morgan fingerprint density at radius 3 is 2.45 bits per heavy atom. The van der Waals surface area contributed by atoms with E-state index >= 15 is 0 Å². The normalized spacial score (nSPS) is 8.82. The molecule has 0 aromatic heterocycles. The molecular formula is C6H8O5. The SMILES string of the molecule is C=C(CC(=O)O)C(=O)OOC. The number of rotatable bonds is 4. The molecule has 0 spiro atoms. The quantitative estimate of drug-likeness (QED) is 0.359. The fourth-order valence-corrected chi connectivity index (χ4v) is 0.389. The van der Waals surface area contributed by atoms with Crippen LogP contribution in [0, 0.1) is 0 Å². The summed E-state index contributed by atoms with van der Waals surface area (Å²) in [7, 11) is 1.14. The molecule has 1 N–H and O–H groups in total. The summed E-state index contributed by atoms with van der Waals surface area (Å²) in [5.74, 6) is -2.00. The second-order valence-corrected chi connectivity index (χ2v) is 1.71. The molecule has 0 radical (unpaired) electrons. The van der Waals surface area contributed by atoms with Gasteiger partial charge in [-0.3, -0.25) is 9.68 Å². The number of carbonyl (C=O) groups is 2. The van der Waals surface area contributed by atoms with Crippen LogP contribution in [-0.2, 0) is 19.4 Å². The fourth-order valence-electron chi connectivity index (χ4n) is 0.389. The summed E-state index contributed by atoms with van der Waals surface area (Å²) in [5.41, 5.74) is -0.153. The summed E-state index contributed by atoms with van der Waals surface area (Å²) >= 11 is 0. The van der Waals surface area contributed by atoms with Crippen LogP contribution in [0.25, 0.3) is 0 Å². The zero-order chi connectivity index (χ0) is 8.85. The number of carboxylic acids is 1. The maximum absolute atomic E-state index is 10.6. The first-order chi connectivity index (χ1) is 5.07. The van der Waals surface area contributed by atoms with Gasteiger partial charge in [0.25, 0.3) is 0 Å². The molecule has 0 fully saturated rings. The van der Waals surface area contributed by atoms with Crippen molar-refractivity contribution in [1.29, 1.82) is 0 Å². The third kappa shape index (κ3) is 4.10. The van der Waals surface area contributed by atoms with Crippen molar-refractivity contribution < 1.29 is 24.5 Å². The third-order valence-corrected chi connectivity index (χ3v) is 0.812. The summed E-state index contributed by atoms with van der Waals surface area (Å²) < 4.78 is 0. The van der Waals surface area contributed by atoms with E-state index < -0.39 is 18.4 Å². The molecule has 0 aliphatic heterocycles. The van der Waals surface area contributed by atoms with E-state index in [1.165, 1.54) is 0 Å². The van der Waals surface area contributed by atoms with Crippen molar-refractivity contribution in [3.63, 3.8) is 0 Å². The predicted octanol–water partition coefficient (Wildman–Crippen LogP) is 0.122. The van der Waals surface area contributed by atoms with Crippen molar-refractivity contribution in [2.45, 2.75) is 6.42 Å². The van der Waals surface area contributed by atoms with Crippen molar-refractivity contribution in [3.05, 3.63) is 12.2 Å². The highest BCUT2D eigenvalue weighted by molar-refractivity contribution is 5.92. The smallest absolute Gasteiger partial charge is 0.369 e. The van der Waals surface area contributed by atoms with Gasteiger partial charge in [-0.05, 0) is 0 Å². The van der Waals surface area contributed by atoms with Gasteiger partial charge in [-0.15, -0.1) is 0 Å². The number of hydrogen-bond acceptors (Lipinski definition) is 4. The lowest BCUT2D eigenvalue weighted by atomic mass is 10.2. The molecule has 0 atom stereocenters. The van der Waals surface area contributed by atoms with Crippen LogP contribution in [-0.4, -0.2) is 24.2 Å². The average Bonchev–Trinajstić information content (AvgIpc) is 1.86. The molecule has 0 amide bonds. The lowest BCUT2D eigenvalue weighted by molar-refractivity contribution is -0.250. The standard InChI is InChI=1S/C6H8O5/c1-4(3-5(7)8)6(9)11-10-2/h1,3H2,2H3,(H,7,8). The molecule has 62 valence electrons. The average molecular weight is 160 g/mol. The van der Waals surface area contributed by atoms with Gasteiger partial charge in [0.05, 0.1) is 13.5 Å². The monoisotopic (exact) mass is 160 g/mol. The molecule has 5 nitrogen and oxygen atoms in total. The Kier molecular flexibility index (Phi) is 3.90. The zero-order valence-electron chi connectivity index (χ0n) is 5.99. The Bertz CT molecular complexity index is 183. The van der Waals surface area contributed by atoms with E-state index in [0.717, 1.165) is 7.11 Å². The molecule has 0 aromatic carbocycles. The molecular weight excluding hydrogens is 152 g/mol. The van der Waals surface area contributed by atoms with Gasteiger partial charge in [0.15, 0.2) is 0 Å². The first-order valence-corrected chi connectivity index (χ1v) is 2.72. The fraction of sp³-hybridized carbons (Fsp3) is 0.333. The number of carbonyl (C=O) groups excluding carboxylic acids is 1. The Balaban J connectivity index is 3.83. The van der Waals surface area contributed by atoms with Crippen molar-refractivity contribution in [2.75, 3.05) is 7.11 Å². The topological polar surface area (TPSA) is 72.8 Å². The van der Waals surface area contributed by atoms with Gasteiger partial charge in [0, 0.05) is 5.57 Å².